The second-order valence-corrected chi connectivity index (χ2v) is 25.3. The molecular weight excluding hydrogens is 1560 g/mol. The highest BCUT2D eigenvalue weighted by molar-refractivity contribution is 6.03. The Labute approximate surface area is 666 Å². The molecule has 0 aliphatic rings. The zero-order valence-electron chi connectivity index (χ0n) is 63.3. The Kier molecular flexibility index (Phi) is 45.4. The Bertz CT molecular complexity index is 4030. The van der Waals surface area contributed by atoms with Crippen molar-refractivity contribution in [2.45, 2.75) is 120 Å². The number of phenols is 2. The molecule has 0 saturated heterocycles. The van der Waals surface area contributed by atoms with Crippen molar-refractivity contribution in [3.05, 3.63) is 93.5 Å². The molecule has 0 radical (unpaired) electrons. The maximum absolute atomic E-state index is 14.3. The van der Waals surface area contributed by atoms with Crippen LogP contribution in [0.25, 0.3) is 24.3 Å². The van der Waals surface area contributed by atoms with Gasteiger partial charge in [0.25, 0.3) is 5.91 Å². The standard InChI is InChI=1S/C74H95N9O34/c1-42(84)39-115-33-30-112-27-24-75-67(102)50(10-18-60(89)90)81-70(105)53(13-21-63(95)96)78-58(87)40-116-34-31-113-28-25-76-68(103)51(11-19-61(91)92)82-71(106)54(14-22-64(97)98)79-59(88)41-117-35-32-114-29-26-77-69(104)52(12-20-62(93)94)83-72(107)55(15-23-65(99)100)80-66(101)47-36-43(2-3-44-6-16-56(85)48(37-44)73(108)109)4-8-46(47)9-5-45-7-17-57(86)49(38-45)74(110)111/h2-9,16-17,36-38,50-55,85-86H,10-15,18-35,39-41H2,1H3,(H,75,102)(H,76,103)(H,77,104)(H,78,87)(H,79,88)(H,80,101)(H,81,105)(H,82,106)(H,83,107)(H,89,90)(H,91,92)(H,93,94)(H,95,96)(H,97,98)(H,99,100)(H,108,109)(H,110,111)/b3-2+,9-5+/t50-,51-,52-,53-,54-,55-/m0/s1. The average Bonchev–Trinajstić information content (AvgIpc) is 0.830. The average molecular weight is 1650 g/mol. The van der Waals surface area contributed by atoms with E-state index in [-0.39, 0.29) is 108 Å². The summed E-state index contributed by atoms with van der Waals surface area (Å²) in [5, 5.41) is 117. The summed E-state index contributed by atoms with van der Waals surface area (Å²) < 4.78 is 31.8. The molecular formula is C74H95N9O34. The molecule has 0 unspecified atom stereocenters. The molecule has 0 aliphatic heterocycles. The van der Waals surface area contributed by atoms with Gasteiger partial charge < -0.3 is 127 Å². The molecule has 0 aromatic heterocycles. The Morgan fingerprint density at radius 3 is 0.897 bits per heavy atom. The number of carboxylic acid groups (broad SMARTS) is 8. The fraction of sp³-hybridized carbons (Fsp3) is 0.459. The van der Waals surface area contributed by atoms with E-state index >= 15 is 0 Å². The second-order valence-electron chi connectivity index (χ2n) is 25.3. The van der Waals surface area contributed by atoms with Gasteiger partial charge in [-0.3, -0.25) is 76.7 Å². The van der Waals surface area contributed by atoms with E-state index in [1.807, 2.05) is 0 Å². The lowest BCUT2D eigenvalue weighted by Gasteiger charge is -2.23. The largest absolute Gasteiger partial charge is 0.507 e. The molecule has 117 heavy (non-hydrogen) atoms. The molecule has 0 fully saturated rings. The number of ether oxygens (including phenoxy) is 6. The first-order valence-corrected chi connectivity index (χ1v) is 36.1. The lowest BCUT2D eigenvalue weighted by molar-refractivity contribution is -0.140. The lowest BCUT2D eigenvalue weighted by atomic mass is 9.99. The third-order valence-electron chi connectivity index (χ3n) is 16.0. The smallest absolute Gasteiger partial charge is 0.339 e. The van der Waals surface area contributed by atoms with Crippen molar-refractivity contribution in [2.24, 2.45) is 0 Å². The molecule has 3 rings (SSSR count). The molecule has 0 spiro atoms. The van der Waals surface area contributed by atoms with E-state index in [9.17, 15) is 137 Å². The van der Waals surface area contributed by atoms with Crippen LogP contribution < -0.4 is 47.9 Å². The first kappa shape index (κ1) is 98.4. The van der Waals surface area contributed by atoms with Gasteiger partial charge in [-0.15, -0.1) is 0 Å². The molecule has 43 heteroatoms. The fourth-order valence-corrected chi connectivity index (χ4v) is 10.1. The summed E-state index contributed by atoms with van der Waals surface area (Å²) in [5.74, 6) is -21.1. The number of aliphatic carboxylic acids is 6. The SMILES string of the molecule is CC(=O)COCCOCCNC(=O)[C@H](CCC(=O)O)NC(=O)[C@H](CCC(=O)O)NC(=O)COCCOCCNC(=O)[C@H](CCC(=O)O)NC(=O)[C@H](CCC(=O)O)NC(=O)COCCOCCNC(=O)[C@H](CCC(=O)O)NC(=O)[C@H](CCC(=O)O)NC(=O)c1cc(/C=C/c2ccc(O)c(C(=O)O)c2)ccc1/C=C/c1ccc(O)c(C(=O)O)c1. The van der Waals surface area contributed by atoms with Crippen molar-refractivity contribution >= 4 is 131 Å². The molecule has 3 aromatic rings. The number of ketones is 1. The molecule has 0 heterocycles. The van der Waals surface area contributed by atoms with Gasteiger partial charge in [0.2, 0.25) is 47.3 Å². The van der Waals surface area contributed by atoms with Gasteiger partial charge in [-0.05, 0) is 98.0 Å². The monoisotopic (exact) mass is 1650 g/mol. The van der Waals surface area contributed by atoms with Crippen molar-refractivity contribution in [2.75, 3.05) is 98.9 Å². The molecule has 3 aromatic carbocycles. The van der Waals surface area contributed by atoms with E-state index in [0.717, 1.165) is 18.2 Å². The number of aromatic hydroxyl groups is 2. The van der Waals surface area contributed by atoms with Gasteiger partial charge >= 0.3 is 47.8 Å². The Morgan fingerprint density at radius 2 is 0.590 bits per heavy atom. The van der Waals surface area contributed by atoms with Gasteiger partial charge in [0, 0.05) is 63.7 Å². The Morgan fingerprint density at radius 1 is 0.316 bits per heavy atom. The van der Waals surface area contributed by atoms with Crippen molar-refractivity contribution in [3.8, 4) is 11.5 Å². The second kappa shape index (κ2) is 54.0. The van der Waals surface area contributed by atoms with Crippen LogP contribution in [0.3, 0.4) is 0 Å². The third kappa shape index (κ3) is 41.7. The number of nitrogens with one attached hydrogen (secondary N) is 9. The number of benzene rings is 3. The predicted molar refractivity (Wildman–Crippen MR) is 401 cm³/mol. The molecule has 0 bridgehead atoms. The summed E-state index contributed by atoms with van der Waals surface area (Å²) >= 11 is 0. The zero-order chi connectivity index (χ0) is 86.9. The van der Waals surface area contributed by atoms with Crippen molar-refractivity contribution in [3.63, 3.8) is 0 Å². The summed E-state index contributed by atoms with van der Waals surface area (Å²) in [6.07, 6.45) is -1.17. The van der Waals surface area contributed by atoms with Crippen LogP contribution in [0.2, 0.25) is 0 Å². The number of amides is 9. The van der Waals surface area contributed by atoms with E-state index < -0.39 is 250 Å². The van der Waals surface area contributed by atoms with Crippen molar-refractivity contribution in [1.29, 1.82) is 0 Å². The van der Waals surface area contributed by atoms with E-state index in [1.165, 1.54) is 67.6 Å². The van der Waals surface area contributed by atoms with Gasteiger partial charge in [0.05, 0.1) is 59.5 Å². The molecule has 640 valence electrons. The summed E-state index contributed by atoms with van der Waals surface area (Å²) in [7, 11) is 0. The molecule has 19 N–H and O–H groups in total. The third-order valence-corrected chi connectivity index (χ3v) is 16.0. The summed E-state index contributed by atoms with van der Waals surface area (Å²) in [4.78, 5) is 225. The number of carbonyl (C=O) groups is 18. The topological polar surface area (TPSA) is 673 Å². The van der Waals surface area contributed by atoms with Gasteiger partial charge in [0.1, 0.15) is 78.7 Å². The molecule has 0 saturated carbocycles. The first-order chi connectivity index (χ1) is 55.5. The van der Waals surface area contributed by atoms with Crippen LogP contribution in [0.15, 0.2) is 54.6 Å². The number of hydrogen-bond donors (Lipinski definition) is 19. The van der Waals surface area contributed by atoms with Crippen molar-refractivity contribution in [1.82, 2.24) is 47.9 Å². The van der Waals surface area contributed by atoms with Gasteiger partial charge in [-0.2, -0.15) is 0 Å². The summed E-state index contributed by atoms with van der Waals surface area (Å²) in [5.41, 5.74) is -0.00570. The summed E-state index contributed by atoms with van der Waals surface area (Å²) in [6, 6.07) is 2.19. The lowest BCUT2D eigenvalue weighted by Crippen LogP contribution is -2.54. The minimum absolute atomic E-state index is 0.0244. The Hall–Kier alpha value is -12.8. The van der Waals surface area contributed by atoms with Gasteiger partial charge in [0.15, 0.2) is 5.78 Å². The van der Waals surface area contributed by atoms with Crippen LogP contribution in [0, 0.1) is 0 Å². The van der Waals surface area contributed by atoms with Gasteiger partial charge in [-0.1, -0.05) is 48.6 Å². The molecule has 0 aliphatic carbocycles. The zero-order valence-corrected chi connectivity index (χ0v) is 63.3. The first-order valence-electron chi connectivity index (χ1n) is 36.1. The number of hydrogen-bond acceptors (Lipinski definition) is 26. The highest BCUT2D eigenvalue weighted by atomic mass is 16.5. The van der Waals surface area contributed by atoms with E-state index in [0.29, 0.717) is 11.1 Å². The van der Waals surface area contributed by atoms with Crippen LogP contribution in [0.4, 0.5) is 0 Å². The van der Waals surface area contributed by atoms with Crippen molar-refractivity contribution < 1.29 is 166 Å². The van der Waals surface area contributed by atoms with E-state index in [2.05, 4.69) is 47.9 Å². The maximum Gasteiger partial charge on any atom is 0.339 e. The molecule has 9 amide bonds. The normalized spacial score (nSPS) is 12.6. The Balaban J connectivity index is 1.56. The summed E-state index contributed by atoms with van der Waals surface area (Å²) in [6.45, 7) is -2.24. The minimum Gasteiger partial charge on any atom is -0.507 e. The number of Topliss-reactive ketones (excluding diaryl/α,β-unsaturated/α-hetero) is 1. The minimum atomic E-state index is -1.71. The van der Waals surface area contributed by atoms with Crippen LogP contribution in [0.1, 0.15) is 137 Å². The van der Waals surface area contributed by atoms with E-state index in [1.54, 1.807) is 0 Å². The maximum atomic E-state index is 14.3. The fourth-order valence-electron chi connectivity index (χ4n) is 10.1. The quantitative estimate of drug-likeness (QED) is 0.0228. The van der Waals surface area contributed by atoms with Crippen LogP contribution in [-0.4, -0.2) is 293 Å². The van der Waals surface area contributed by atoms with E-state index in [4.69, 9.17) is 28.4 Å². The number of rotatable bonds is 61. The van der Waals surface area contributed by atoms with Crippen LogP contribution >= 0.6 is 0 Å². The predicted octanol–water partition coefficient (Wildman–Crippen LogP) is -1.42. The molecule has 6 atom stereocenters. The molecule has 43 nitrogen and oxygen atoms in total. The number of carbonyl (C=O) groups excluding carboxylic acids is 10. The van der Waals surface area contributed by atoms with Crippen LogP contribution in [-0.2, 0) is 100 Å². The highest BCUT2D eigenvalue weighted by Gasteiger charge is 2.32. The van der Waals surface area contributed by atoms with Gasteiger partial charge in [-0.25, -0.2) is 9.59 Å². The number of aromatic carboxylic acids is 2. The highest BCUT2D eigenvalue weighted by Crippen LogP contribution is 2.24. The number of carboxylic acids is 8. The van der Waals surface area contributed by atoms with Crippen LogP contribution in [0.5, 0.6) is 11.5 Å².